The van der Waals surface area contributed by atoms with Crippen LogP contribution in [0, 0.1) is 11.3 Å². The Bertz CT molecular complexity index is 212. The van der Waals surface area contributed by atoms with E-state index in [1.165, 1.54) is 0 Å². The van der Waals surface area contributed by atoms with Gasteiger partial charge in [-0.25, -0.2) is 0 Å². The molecule has 0 bridgehead atoms. The van der Waals surface area contributed by atoms with Crippen molar-refractivity contribution in [3.05, 3.63) is 0 Å². The molecule has 0 saturated heterocycles. The Morgan fingerprint density at radius 1 is 1.54 bits per heavy atom. The van der Waals surface area contributed by atoms with Gasteiger partial charge in [-0.05, 0) is 27.7 Å². The van der Waals surface area contributed by atoms with E-state index in [-0.39, 0.29) is 24.0 Å². The smallest absolute Gasteiger partial charge is 0.234 e. The maximum absolute atomic E-state index is 11.2. The van der Waals surface area contributed by atoms with Crippen molar-refractivity contribution < 1.29 is 4.79 Å². The van der Waals surface area contributed by atoms with E-state index in [1.54, 1.807) is 6.92 Å². The molecule has 13 heavy (non-hydrogen) atoms. The van der Waals surface area contributed by atoms with Crippen molar-refractivity contribution in [3.8, 4) is 6.07 Å². The van der Waals surface area contributed by atoms with E-state index < -0.39 is 0 Å². The molecule has 1 atom stereocenters. The van der Waals surface area contributed by atoms with E-state index in [9.17, 15) is 4.79 Å². The molecule has 74 valence electrons. The van der Waals surface area contributed by atoms with Crippen LogP contribution in [0.2, 0.25) is 0 Å². The van der Waals surface area contributed by atoms with Gasteiger partial charge in [-0.15, -0.1) is 0 Å². The molecule has 0 aromatic carbocycles. The molecule has 0 aliphatic carbocycles. The summed E-state index contributed by atoms with van der Waals surface area (Å²) in [5.74, 6) is -0.0883. The first-order valence-electron chi connectivity index (χ1n) is 4.29. The fourth-order valence-corrected chi connectivity index (χ4v) is 0.754. The van der Waals surface area contributed by atoms with Gasteiger partial charge < -0.3 is 5.32 Å². The minimum atomic E-state index is -0.286. The van der Waals surface area contributed by atoms with Crippen LogP contribution in [0.25, 0.3) is 0 Å². The molecular weight excluding hydrogens is 166 g/mol. The summed E-state index contributed by atoms with van der Waals surface area (Å²) in [4.78, 5) is 11.2. The number of amides is 1. The summed E-state index contributed by atoms with van der Waals surface area (Å²) in [6.45, 7) is 7.65. The second kappa shape index (κ2) is 4.83. The zero-order valence-corrected chi connectivity index (χ0v) is 8.64. The zero-order valence-electron chi connectivity index (χ0n) is 8.64. The van der Waals surface area contributed by atoms with Crippen molar-refractivity contribution in [3.63, 3.8) is 0 Å². The van der Waals surface area contributed by atoms with Gasteiger partial charge in [-0.2, -0.15) is 5.26 Å². The molecule has 2 N–H and O–H groups in total. The number of nitriles is 1. The molecule has 0 fully saturated rings. The maximum atomic E-state index is 11.2. The van der Waals surface area contributed by atoms with Gasteiger partial charge in [-0.1, -0.05) is 0 Å². The summed E-state index contributed by atoms with van der Waals surface area (Å²) in [6, 6.07) is 1.71. The lowest BCUT2D eigenvalue weighted by molar-refractivity contribution is -0.121. The second-order valence-corrected chi connectivity index (χ2v) is 4.03. The van der Waals surface area contributed by atoms with E-state index in [2.05, 4.69) is 10.6 Å². The highest BCUT2D eigenvalue weighted by Gasteiger charge is 2.13. The van der Waals surface area contributed by atoms with Gasteiger partial charge in [0.1, 0.15) is 0 Å². The average Bonchev–Trinajstić information content (AvgIpc) is 1.97. The lowest BCUT2D eigenvalue weighted by Gasteiger charge is -2.20. The van der Waals surface area contributed by atoms with Gasteiger partial charge >= 0.3 is 0 Å². The van der Waals surface area contributed by atoms with Gasteiger partial charge in [0.25, 0.3) is 0 Å². The first kappa shape index (κ1) is 11.9. The number of rotatable bonds is 3. The minimum absolute atomic E-state index is 0.0883. The predicted molar refractivity (Wildman–Crippen MR) is 51.0 cm³/mol. The molecule has 0 aromatic rings. The molecular formula is C9H17N3O. The number of nitrogens with zero attached hydrogens (tertiary/aromatic N) is 1. The van der Waals surface area contributed by atoms with Gasteiger partial charge in [0, 0.05) is 5.54 Å². The van der Waals surface area contributed by atoms with Crippen LogP contribution in [0.5, 0.6) is 0 Å². The molecule has 1 amide bonds. The second-order valence-electron chi connectivity index (χ2n) is 4.03. The van der Waals surface area contributed by atoms with Crippen molar-refractivity contribution in [1.29, 1.82) is 5.26 Å². The van der Waals surface area contributed by atoms with Crippen molar-refractivity contribution in [2.75, 3.05) is 6.54 Å². The largest absolute Gasteiger partial charge is 0.350 e. The molecule has 0 aromatic heterocycles. The van der Waals surface area contributed by atoms with E-state index in [0.717, 1.165) is 0 Å². The molecule has 0 aliphatic heterocycles. The highest BCUT2D eigenvalue weighted by atomic mass is 16.2. The molecule has 0 radical (unpaired) electrons. The standard InChI is InChI=1S/C9H17N3O/c1-7(5-10)11-6-8(13)12-9(2,3)4/h7,11H,6H2,1-4H3,(H,12,13). The Hall–Kier alpha value is -1.08. The van der Waals surface area contributed by atoms with Crippen LogP contribution < -0.4 is 10.6 Å². The fraction of sp³-hybridized carbons (Fsp3) is 0.778. The quantitative estimate of drug-likeness (QED) is 0.665. The summed E-state index contributed by atoms with van der Waals surface area (Å²) in [6.07, 6.45) is 0. The van der Waals surface area contributed by atoms with Crippen LogP contribution in [0.1, 0.15) is 27.7 Å². The summed E-state index contributed by atoms with van der Waals surface area (Å²) in [5.41, 5.74) is -0.214. The van der Waals surface area contributed by atoms with E-state index in [1.807, 2.05) is 26.8 Å². The van der Waals surface area contributed by atoms with Crippen LogP contribution in [0.15, 0.2) is 0 Å². The predicted octanol–water partition coefficient (Wildman–Crippen LogP) is 0.403. The highest BCUT2D eigenvalue weighted by molar-refractivity contribution is 5.78. The maximum Gasteiger partial charge on any atom is 0.234 e. The molecule has 0 rings (SSSR count). The topological polar surface area (TPSA) is 64.9 Å². The molecule has 0 aliphatic rings. The van der Waals surface area contributed by atoms with Crippen LogP contribution >= 0.6 is 0 Å². The highest BCUT2D eigenvalue weighted by Crippen LogP contribution is 1.97. The lowest BCUT2D eigenvalue weighted by atomic mass is 10.1. The zero-order chi connectivity index (χ0) is 10.5. The van der Waals surface area contributed by atoms with Crippen molar-refractivity contribution in [2.45, 2.75) is 39.3 Å². The molecule has 0 saturated carbocycles. The number of nitrogens with one attached hydrogen (secondary N) is 2. The van der Waals surface area contributed by atoms with Crippen molar-refractivity contribution >= 4 is 5.91 Å². The third-order valence-corrected chi connectivity index (χ3v) is 1.28. The Labute approximate surface area is 79.3 Å². The minimum Gasteiger partial charge on any atom is -0.350 e. The third-order valence-electron chi connectivity index (χ3n) is 1.28. The molecule has 1 unspecified atom stereocenters. The molecule has 4 nitrogen and oxygen atoms in total. The van der Waals surface area contributed by atoms with Crippen molar-refractivity contribution in [1.82, 2.24) is 10.6 Å². The summed E-state index contributed by atoms with van der Waals surface area (Å²) < 4.78 is 0. The molecule has 0 heterocycles. The number of hydrogen-bond acceptors (Lipinski definition) is 3. The monoisotopic (exact) mass is 183 g/mol. The lowest BCUT2D eigenvalue weighted by Crippen LogP contribution is -2.46. The first-order valence-corrected chi connectivity index (χ1v) is 4.29. The van der Waals surface area contributed by atoms with Crippen LogP contribution in [0.4, 0.5) is 0 Å². The van der Waals surface area contributed by atoms with Crippen molar-refractivity contribution in [2.24, 2.45) is 0 Å². The van der Waals surface area contributed by atoms with Gasteiger partial charge in [0.05, 0.1) is 18.7 Å². The Kier molecular flexibility index (Phi) is 4.43. The van der Waals surface area contributed by atoms with E-state index in [4.69, 9.17) is 5.26 Å². The van der Waals surface area contributed by atoms with Crippen LogP contribution in [0.3, 0.4) is 0 Å². The Morgan fingerprint density at radius 3 is 2.46 bits per heavy atom. The average molecular weight is 183 g/mol. The number of carbonyl (C=O) groups is 1. The summed E-state index contributed by atoms with van der Waals surface area (Å²) in [7, 11) is 0. The molecule has 0 spiro atoms. The molecule has 4 heteroatoms. The normalized spacial score (nSPS) is 13.2. The van der Waals surface area contributed by atoms with Gasteiger partial charge in [-0.3, -0.25) is 10.1 Å². The number of carbonyl (C=O) groups excluding carboxylic acids is 1. The number of hydrogen-bond donors (Lipinski definition) is 2. The third kappa shape index (κ3) is 7.29. The van der Waals surface area contributed by atoms with E-state index in [0.29, 0.717) is 0 Å². The summed E-state index contributed by atoms with van der Waals surface area (Å²) >= 11 is 0. The van der Waals surface area contributed by atoms with E-state index >= 15 is 0 Å². The first-order chi connectivity index (χ1) is 5.85. The van der Waals surface area contributed by atoms with Gasteiger partial charge in [0.15, 0.2) is 0 Å². The Balaban J connectivity index is 3.72. The fourth-order valence-electron chi connectivity index (χ4n) is 0.754. The summed E-state index contributed by atoms with van der Waals surface area (Å²) in [5, 5.41) is 14.0. The van der Waals surface area contributed by atoms with Gasteiger partial charge in [0.2, 0.25) is 5.91 Å². The van der Waals surface area contributed by atoms with Crippen LogP contribution in [-0.2, 0) is 4.79 Å². The Morgan fingerprint density at radius 2 is 2.08 bits per heavy atom. The SMILES string of the molecule is CC(C#N)NCC(=O)NC(C)(C)C. The van der Waals surface area contributed by atoms with Crippen LogP contribution in [-0.4, -0.2) is 24.0 Å².